The van der Waals surface area contributed by atoms with E-state index in [1.807, 2.05) is 18.2 Å². The molecule has 2 aromatic heterocycles. The Bertz CT molecular complexity index is 803. The van der Waals surface area contributed by atoms with Crippen LogP contribution in [0.3, 0.4) is 0 Å². The van der Waals surface area contributed by atoms with E-state index < -0.39 is 0 Å². The Morgan fingerprint density at radius 2 is 2.00 bits per heavy atom. The Kier molecular flexibility index (Phi) is 4.68. The smallest absolute Gasteiger partial charge is 0.224 e. The molecule has 0 aliphatic heterocycles. The highest BCUT2D eigenvalue weighted by Gasteiger charge is 2.11. The first kappa shape index (κ1) is 15.2. The van der Waals surface area contributed by atoms with E-state index in [0.29, 0.717) is 16.4 Å². The number of amides is 1. The summed E-state index contributed by atoms with van der Waals surface area (Å²) in [5.41, 5.74) is 3.00. The monoisotopic (exact) mass is 327 g/mol. The molecule has 2 heterocycles. The van der Waals surface area contributed by atoms with E-state index >= 15 is 0 Å². The molecule has 1 amide bonds. The summed E-state index contributed by atoms with van der Waals surface area (Å²) in [5, 5.41) is 3.43. The molecule has 0 bridgehead atoms. The number of halogens is 1. The molecular weight excluding hydrogens is 314 g/mol. The van der Waals surface area contributed by atoms with Crippen LogP contribution in [0.15, 0.2) is 59.7 Å². The van der Waals surface area contributed by atoms with Crippen LogP contribution in [0.5, 0.6) is 0 Å². The Morgan fingerprint density at radius 1 is 1.17 bits per heavy atom. The molecule has 0 atom stereocenters. The molecule has 5 nitrogen and oxygen atoms in total. The van der Waals surface area contributed by atoms with Crippen molar-refractivity contribution in [3.63, 3.8) is 0 Å². The van der Waals surface area contributed by atoms with Gasteiger partial charge in [0.1, 0.15) is 0 Å². The third-order valence-corrected chi connectivity index (χ3v) is 3.70. The topological polar surface area (TPSA) is 68.0 Å². The van der Waals surface area contributed by atoms with Gasteiger partial charge in [0.2, 0.25) is 5.91 Å². The molecule has 6 heteroatoms. The normalized spacial score (nSPS) is 10.5. The first-order valence-corrected chi connectivity index (χ1v) is 7.44. The van der Waals surface area contributed by atoms with Crippen LogP contribution in [0.25, 0.3) is 11.3 Å². The van der Waals surface area contributed by atoms with Crippen molar-refractivity contribution in [1.29, 1.82) is 0 Å². The summed E-state index contributed by atoms with van der Waals surface area (Å²) >= 11 is 6.07. The lowest BCUT2D eigenvalue weighted by Crippen LogP contribution is -2.25. The van der Waals surface area contributed by atoms with Crippen LogP contribution in [0.2, 0.25) is 5.02 Å². The standard InChI is InChI=1S/C17H14ClN3O2/c18-14-4-2-1-3-12(14)9-16(22)21-10-15-17(20-7-6-19-15)13-5-8-23-11-13/h1-8,11H,9-10H2,(H,21,22). The van der Waals surface area contributed by atoms with Gasteiger partial charge < -0.3 is 9.73 Å². The summed E-state index contributed by atoms with van der Waals surface area (Å²) in [4.78, 5) is 20.7. The van der Waals surface area contributed by atoms with Crippen molar-refractivity contribution in [2.24, 2.45) is 0 Å². The van der Waals surface area contributed by atoms with Gasteiger partial charge in [0.15, 0.2) is 0 Å². The van der Waals surface area contributed by atoms with Gasteiger partial charge in [0.25, 0.3) is 0 Å². The summed E-state index contributed by atoms with van der Waals surface area (Å²) in [7, 11) is 0. The van der Waals surface area contributed by atoms with Gasteiger partial charge in [-0.2, -0.15) is 0 Å². The number of carbonyl (C=O) groups excluding carboxylic acids is 1. The van der Waals surface area contributed by atoms with E-state index in [-0.39, 0.29) is 18.9 Å². The summed E-state index contributed by atoms with van der Waals surface area (Å²) < 4.78 is 5.07. The van der Waals surface area contributed by atoms with Crippen LogP contribution in [-0.4, -0.2) is 15.9 Å². The number of aromatic nitrogens is 2. The van der Waals surface area contributed by atoms with Crippen LogP contribution >= 0.6 is 11.6 Å². The van der Waals surface area contributed by atoms with Crippen molar-refractivity contribution < 1.29 is 9.21 Å². The zero-order chi connectivity index (χ0) is 16.1. The lowest BCUT2D eigenvalue weighted by molar-refractivity contribution is -0.120. The number of benzene rings is 1. The van der Waals surface area contributed by atoms with E-state index in [4.69, 9.17) is 16.0 Å². The molecule has 0 radical (unpaired) electrons. The van der Waals surface area contributed by atoms with E-state index in [2.05, 4.69) is 15.3 Å². The summed E-state index contributed by atoms with van der Waals surface area (Å²) in [6, 6.07) is 9.10. The number of rotatable bonds is 5. The molecule has 0 spiro atoms. The van der Waals surface area contributed by atoms with Gasteiger partial charge in [-0.25, -0.2) is 0 Å². The van der Waals surface area contributed by atoms with Crippen molar-refractivity contribution in [3.8, 4) is 11.3 Å². The lowest BCUT2D eigenvalue weighted by Gasteiger charge is -2.08. The predicted molar refractivity (Wildman–Crippen MR) is 86.7 cm³/mol. The van der Waals surface area contributed by atoms with Crippen molar-refractivity contribution >= 4 is 17.5 Å². The van der Waals surface area contributed by atoms with Crippen molar-refractivity contribution in [2.45, 2.75) is 13.0 Å². The van der Waals surface area contributed by atoms with Crippen LogP contribution in [0.1, 0.15) is 11.3 Å². The number of hydrogen-bond acceptors (Lipinski definition) is 4. The summed E-state index contributed by atoms with van der Waals surface area (Å²) in [5.74, 6) is -0.123. The fourth-order valence-corrected chi connectivity index (χ4v) is 2.40. The molecule has 23 heavy (non-hydrogen) atoms. The average molecular weight is 328 g/mol. The van der Waals surface area contributed by atoms with Gasteiger partial charge in [-0.3, -0.25) is 14.8 Å². The van der Waals surface area contributed by atoms with E-state index in [1.165, 1.54) is 0 Å². The Balaban J connectivity index is 1.67. The van der Waals surface area contributed by atoms with Gasteiger partial charge in [-0.05, 0) is 17.7 Å². The fraction of sp³-hybridized carbons (Fsp3) is 0.118. The maximum absolute atomic E-state index is 12.1. The van der Waals surface area contributed by atoms with Crippen LogP contribution in [-0.2, 0) is 17.8 Å². The zero-order valence-corrected chi connectivity index (χ0v) is 13.0. The number of furan rings is 1. The van der Waals surface area contributed by atoms with E-state index in [0.717, 1.165) is 11.1 Å². The molecule has 3 rings (SSSR count). The Morgan fingerprint density at radius 3 is 2.78 bits per heavy atom. The van der Waals surface area contributed by atoms with Gasteiger partial charge in [0.05, 0.1) is 36.9 Å². The molecule has 116 valence electrons. The van der Waals surface area contributed by atoms with Crippen molar-refractivity contribution in [3.05, 3.63) is 71.5 Å². The third-order valence-electron chi connectivity index (χ3n) is 3.33. The minimum Gasteiger partial charge on any atom is -0.472 e. The molecule has 3 aromatic rings. The first-order valence-electron chi connectivity index (χ1n) is 7.06. The molecule has 0 aliphatic carbocycles. The number of nitrogens with zero attached hydrogens (tertiary/aromatic N) is 2. The highest BCUT2D eigenvalue weighted by atomic mass is 35.5. The molecule has 1 aromatic carbocycles. The number of carbonyl (C=O) groups is 1. The highest BCUT2D eigenvalue weighted by Crippen LogP contribution is 2.20. The maximum atomic E-state index is 12.1. The Hall–Kier alpha value is -2.66. The highest BCUT2D eigenvalue weighted by molar-refractivity contribution is 6.31. The second kappa shape index (κ2) is 7.07. The zero-order valence-electron chi connectivity index (χ0n) is 12.2. The quantitative estimate of drug-likeness (QED) is 0.781. The number of hydrogen-bond donors (Lipinski definition) is 1. The lowest BCUT2D eigenvalue weighted by atomic mass is 10.1. The van der Waals surface area contributed by atoms with Crippen LogP contribution < -0.4 is 5.32 Å². The molecule has 0 saturated heterocycles. The minimum atomic E-state index is -0.123. The molecule has 0 unspecified atom stereocenters. The Labute approximate surface area is 138 Å². The molecule has 1 N–H and O–H groups in total. The molecule has 0 saturated carbocycles. The van der Waals surface area contributed by atoms with Gasteiger partial charge >= 0.3 is 0 Å². The number of nitrogens with one attached hydrogen (secondary N) is 1. The van der Waals surface area contributed by atoms with Crippen LogP contribution in [0.4, 0.5) is 0 Å². The van der Waals surface area contributed by atoms with E-state index in [9.17, 15) is 4.79 Å². The fourth-order valence-electron chi connectivity index (χ4n) is 2.20. The predicted octanol–water partition coefficient (Wildman–Crippen LogP) is 3.25. The molecular formula is C17H14ClN3O2. The SMILES string of the molecule is O=C(Cc1ccccc1Cl)NCc1nccnc1-c1ccoc1. The van der Waals surface area contributed by atoms with Gasteiger partial charge in [0, 0.05) is 23.0 Å². The summed E-state index contributed by atoms with van der Waals surface area (Å²) in [6.07, 6.45) is 6.60. The largest absolute Gasteiger partial charge is 0.472 e. The second-order valence-corrected chi connectivity index (χ2v) is 5.32. The van der Waals surface area contributed by atoms with E-state index in [1.54, 1.807) is 37.1 Å². The van der Waals surface area contributed by atoms with Crippen LogP contribution in [0, 0.1) is 0 Å². The third kappa shape index (κ3) is 3.76. The molecule has 0 fully saturated rings. The van der Waals surface area contributed by atoms with Gasteiger partial charge in [-0.15, -0.1) is 0 Å². The van der Waals surface area contributed by atoms with Crippen molar-refractivity contribution in [2.75, 3.05) is 0 Å². The maximum Gasteiger partial charge on any atom is 0.224 e. The minimum absolute atomic E-state index is 0.123. The average Bonchev–Trinajstić information content (AvgIpc) is 3.10. The second-order valence-electron chi connectivity index (χ2n) is 4.91. The van der Waals surface area contributed by atoms with Crippen molar-refractivity contribution in [1.82, 2.24) is 15.3 Å². The van der Waals surface area contributed by atoms with Gasteiger partial charge in [-0.1, -0.05) is 29.8 Å². The summed E-state index contributed by atoms with van der Waals surface area (Å²) in [6.45, 7) is 0.289. The first-order chi connectivity index (χ1) is 11.2. The molecule has 0 aliphatic rings.